The molecule has 0 aromatic heterocycles. The van der Waals surface area contributed by atoms with Crippen LogP contribution in [0, 0.1) is 50.7 Å². The Kier molecular flexibility index (Phi) is 6.17. The summed E-state index contributed by atoms with van der Waals surface area (Å²) in [5.74, 6) is 1.64. The molecular formula is C33H50O4. The van der Waals surface area contributed by atoms with Gasteiger partial charge in [-0.3, -0.25) is 9.59 Å². The Balaban J connectivity index is 1.62. The first-order valence-electron chi connectivity index (χ1n) is 14.9. The maximum Gasteiger partial charge on any atom is 0.312 e. The van der Waals surface area contributed by atoms with Crippen molar-refractivity contribution < 1.29 is 19.1 Å². The van der Waals surface area contributed by atoms with Crippen LogP contribution in [-0.4, -0.2) is 25.2 Å². The first kappa shape index (κ1) is 27.0. The lowest BCUT2D eigenvalue weighted by atomic mass is 9.35. The number of allylic oxidation sites excluding steroid dienone is 4. The third kappa shape index (κ3) is 3.38. The first-order valence-corrected chi connectivity index (χ1v) is 14.9. The quantitative estimate of drug-likeness (QED) is 0.358. The van der Waals surface area contributed by atoms with Gasteiger partial charge in [-0.05, 0) is 91.3 Å². The van der Waals surface area contributed by atoms with E-state index in [2.05, 4.69) is 60.6 Å². The molecule has 4 saturated carbocycles. The van der Waals surface area contributed by atoms with Gasteiger partial charge in [0.1, 0.15) is 6.10 Å². The number of ether oxygens (including phenoxy) is 2. The number of fused-ring (bicyclic) bond motifs is 7. The SMILES string of the molecule is COC(=O)C12CCC(C)C(C)C1C1=CC=C3C4(C)CCC(OC(C)=O)C(C)(C)C4CCC3(C)C1(C)CC2. The molecule has 0 saturated heterocycles. The van der Waals surface area contributed by atoms with Gasteiger partial charge in [-0.2, -0.15) is 0 Å². The highest BCUT2D eigenvalue weighted by Gasteiger charge is 2.68. The van der Waals surface area contributed by atoms with Crippen LogP contribution >= 0.6 is 0 Å². The topological polar surface area (TPSA) is 52.6 Å². The maximum atomic E-state index is 13.4. The van der Waals surface area contributed by atoms with Gasteiger partial charge < -0.3 is 9.47 Å². The number of rotatable bonds is 2. The van der Waals surface area contributed by atoms with Crippen LogP contribution in [0.2, 0.25) is 0 Å². The monoisotopic (exact) mass is 510 g/mol. The Morgan fingerprint density at radius 2 is 1.57 bits per heavy atom. The molecule has 0 aromatic carbocycles. The van der Waals surface area contributed by atoms with Crippen molar-refractivity contribution in [2.24, 2.45) is 50.7 Å². The van der Waals surface area contributed by atoms with E-state index in [9.17, 15) is 9.59 Å². The molecule has 37 heavy (non-hydrogen) atoms. The third-order valence-electron chi connectivity index (χ3n) is 13.2. The zero-order valence-electron chi connectivity index (χ0n) is 24.8. The van der Waals surface area contributed by atoms with Gasteiger partial charge in [0.25, 0.3) is 0 Å². The highest BCUT2D eigenvalue weighted by molar-refractivity contribution is 5.79. The van der Waals surface area contributed by atoms with Crippen LogP contribution in [-0.2, 0) is 19.1 Å². The van der Waals surface area contributed by atoms with Gasteiger partial charge in [0, 0.05) is 12.3 Å². The summed E-state index contributed by atoms with van der Waals surface area (Å²) in [7, 11) is 1.58. The largest absolute Gasteiger partial charge is 0.469 e. The second-order valence-corrected chi connectivity index (χ2v) is 14.8. The van der Waals surface area contributed by atoms with E-state index in [0.29, 0.717) is 17.8 Å². The van der Waals surface area contributed by atoms with Crippen molar-refractivity contribution in [3.63, 3.8) is 0 Å². The van der Waals surface area contributed by atoms with Crippen molar-refractivity contribution >= 4 is 11.9 Å². The molecule has 0 amide bonds. The third-order valence-corrected chi connectivity index (χ3v) is 13.2. The summed E-state index contributed by atoms with van der Waals surface area (Å²) in [6.07, 6.45) is 13.2. The molecule has 4 fully saturated rings. The molecule has 0 aromatic rings. The zero-order chi connectivity index (χ0) is 27.2. The first-order chi connectivity index (χ1) is 17.2. The Hall–Kier alpha value is -1.58. The van der Waals surface area contributed by atoms with Crippen molar-refractivity contribution in [2.45, 2.75) is 113 Å². The van der Waals surface area contributed by atoms with Crippen LogP contribution in [0.15, 0.2) is 23.3 Å². The van der Waals surface area contributed by atoms with Crippen LogP contribution in [0.1, 0.15) is 107 Å². The predicted octanol–water partition coefficient (Wildman–Crippen LogP) is 7.67. The summed E-state index contributed by atoms with van der Waals surface area (Å²) in [5, 5.41) is 0. The van der Waals surface area contributed by atoms with E-state index in [1.165, 1.54) is 5.57 Å². The molecule has 0 bridgehead atoms. The predicted molar refractivity (Wildman–Crippen MR) is 147 cm³/mol. The van der Waals surface area contributed by atoms with Gasteiger partial charge in [-0.1, -0.05) is 71.8 Å². The molecule has 5 aliphatic carbocycles. The molecule has 9 atom stereocenters. The Morgan fingerprint density at radius 3 is 2.22 bits per heavy atom. The lowest BCUT2D eigenvalue weighted by Gasteiger charge is -2.68. The number of methoxy groups -OCH3 is 1. The second kappa shape index (κ2) is 8.46. The summed E-state index contributed by atoms with van der Waals surface area (Å²) in [5.41, 5.74) is 2.87. The van der Waals surface area contributed by atoms with Gasteiger partial charge in [0.15, 0.2) is 0 Å². The number of carbonyl (C=O) groups is 2. The van der Waals surface area contributed by atoms with Crippen molar-refractivity contribution in [1.29, 1.82) is 0 Å². The standard InChI is InChI=1S/C33H50O4/c1-20-12-17-33(28(35)36-9)19-18-31(7)23(27(33)21(20)2)10-11-25-30(6)15-14-26(37-22(3)34)29(4,5)24(30)13-16-32(25,31)8/h10-11,20-21,24,26-27H,12-19H2,1-9H3. The fourth-order valence-electron chi connectivity index (χ4n) is 10.7. The van der Waals surface area contributed by atoms with E-state index >= 15 is 0 Å². The fraction of sp³-hybridized carbons (Fsp3) is 0.818. The Morgan fingerprint density at radius 1 is 0.865 bits per heavy atom. The number of carbonyl (C=O) groups excluding carboxylic acids is 2. The highest BCUT2D eigenvalue weighted by atomic mass is 16.5. The molecule has 206 valence electrons. The van der Waals surface area contributed by atoms with Crippen molar-refractivity contribution in [2.75, 3.05) is 7.11 Å². The molecule has 9 unspecified atom stereocenters. The number of hydrogen-bond donors (Lipinski definition) is 0. The Labute approximate surface area is 225 Å². The molecule has 5 aliphatic rings. The van der Waals surface area contributed by atoms with Gasteiger partial charge in [-0.15, -0.1) is 0 Å². The molecule has 4 heteroatoms. The van der Waals surface area contributed by atoms with E-state index in [0.717, 1.165) is 51.4 Å². The van der Waals surface area contributed by atoms with E-state index in [4.69, 9.17) is 9.47 Å². The minimum Gasteiger partial charge on any atom is -0.469 e. The van der Waals surface area contributed by atoms with Crippen LogP contribution in [0.25, 0.3) is 0 Å². The van der Waals surface area contributed by atoms with E-state index in [1.54, 1.807) is 19.6 Å². The number of esters is 2. The average molecular weight is 511 g/mol. The lowest BCUT2D eigenvalue weighted by molar-refractivity contribution is -0.175. The van der Waals surface area contributed by atoms with Crippen LogP contribution in [0.5, 0.6) is 0 Å². The molecule has 0 radical (unpaired) electrons. The number of hydrogen-bond acceptors (Lipinski definition) is 4. The minimum atomic E-state index is -0.376. The van der Waals surface area contributed by atoms with Gasteiger partial charge >= 0.3 is 11.9 Å². The van der Waals surface area contributed by atoms with E-state index < -0.39 is 0 Å². The summed E-state index contributed by atoms with van der Waals surface area (Å²) >= 11 is 0. The highest BCUT2D eigenvalue weighted by Crippen LogP contribution is 2.74. The molecule has 4 nitrogen and oxygen atoms in total. The molecule has 0 aliphatic heterocycles. The summed E-state index contributed by atoms with van der Waals surface area (Å²) < 4.78 is 11.4. The Bertz CT molecular complexity index is 1050. The van der Waals surface area contributed by atoms with Crippen molar-refractivity contribution in [3.8, 4) is 0 Å². The molecular weight excluding hydrogens is 460 g/mol. The van der Waals surface area contributed by atoms with Crippen molar-refractivity contribution in [3.05, 3.63) is 23.3 Å². The molecule has 0 N–H and O–H groups in total. The van der Waals surface area contributed by atoms with E-state index in [-0.39, 0.29) is 51.0 Å². The molecule has 5 rings (SSSR count). The van der Waals surface area contributed by atoms with Gasteiger partial charge in [0.2, 0.25) is 0 Å². The normalized spacial score (nSPS) is 48.2. The summed E-state index contributed by atoms with van der Waals surface area (Å²) in [6, 6.07) is 0. The average Bonchev–Trinajstić information content (AvgIpc) is 2.83. The maximum absolute atomic E-state index is 13.4. The zero-order valence-corrected chi connectivity index (χ0v) is 24.8. The van der Waals surface area contributed by atoms with Crippen LogP contribution < -0.4 is 0 Å². The van der Waals surface area contributed by atoms with Gasteiger partial charge in [0.05, 0.1) is 12.5 Å². The van der Waals surface area contributed by atoms with Gasteiger partial charge in [-0.25, -0.2) is 0 Å². The summed E-state index contributed by atoms with van der Waals surface area (Å²) in [4.78, 5) is 25.3. The summed E-state index contributed by atoms with van der Waals surface area (Å²) in [6.45, 7) is 18.5. The fourth-order valence-corrected chi connectivity index (χ4v) is 10.7. The minimum absolute atomic E-state index is 0.0142. The molecule has 0 spiro atoms. The van der Waals surface area contributed by atoms with Crippen LogP contribution in [0.4, 0.5) is 0 Å². The second-order valence-electron chi connectivity index (χ2n) is 14.8. The smallest absolute Gasteiger partial charge is 0.312 e. The lowest BCUT2D eigenvalue weighted by Crippen LogP contribution is -2.62. The van der Waals surface area contributed by atoms with Crippen LogP contribution in [0.3, 0.4) is 0 Å². The van der Waals surface area contributed by atoms with E-state index in [1.807, 2.05) is 0 Å². The van der Waals surface area contributed by atoms with Crippen molar-refractivity contribution in [1.82, 2.24) is 0 Å². The molecule has 0 heterocycles.